The number of pyridine rings is 1. The predicted molar refractivity (Wildman–Crippen MR) is 72.1 cm³/mol. The van der Waals surface area contributed by atoms with Crippen LogP contribution in [0.4, 0.5) is 17.3 Å². The van der Waals surface area contributed by atoms with Gasteiger partial charge in [-0.1, -0.05) is 24.3 Å². The van der Waals surface area contributed by atoms with Crippen LogP contribution in [0.5, 0.6) is 0 Å². The van der Waals surface area contributed by atoms with Gasteiger partial charge in [0, 0.05) is 18.8 Å². The first-order valence-corrected chi connectivity index (χ1v) is 5.60. The molecular formula is C13H16N4. The number of hydrogen-bond acceptors (Lipinski definition) is 4. The predicted octanol–water partition coefficient (Wildman–Crippen LogP) is 2.19. The maximum atomic E-state index is 5.59. The van der Waals surface area contributed by atoms with Gasteiger partial charge in [0.15, 0.2) is 0 Å². The lowest BCUT2D eigenvalue weighted by molar-refractivity contribution is 1.06. The fourth-order valence-corrected chi connectivity index (χ4v) is 1.50. The molecule has 1 aromatic heterocycles. The van der Waals surface area contributed by atoms with Crippen molar-refractivity contribution in [3.63, 3.8) is 0 Å². The van der Waals surface area contributed by atoms with Crippen molar-refractivity contribution in [2.24, 2.45) is 0 Å². The third kappa shape index (κ3) is 3.68. The molecule has 1 aromatic carbocycles. The molecule has 4 N–H and O–H groups in total. The van der Waals surface area contributed by atoms with E-state index in [1.54, 1.807) is 6.07 Å². The fourth-order valence-electron chi connectivity index (χ4n) is 1.50. The van der Waals surface area contributed by atoms with E-state index in [9.17, 15) is 0 Å². The molecule has 2 rings (SSSR count). The van der Waals surface area contributed by atoms with Gasteiger partial charge in [0.2, 0.25) is 0 Å². The van der Waals surface area contributed by atoms with Gasteiger partial charge >= 0.3 is 0 Å². The summed E-state index contributed by atoms with van der Waals surface area (Å²) in [6.07, 6.45) is 0. The summed E-state index contributed by atoms with van der Waals surface area (Å²) >= 11 is 0. The highest BCUT2D eigenvalue weighted by Gasteiger charge is 1.93. The number of aromatic nitrogens is 1. The Bertz CT molecular complexity index is 456. The van der Waals surface area contributed by atoms with E-state index in [0.717, 1.165) is 24.6 Å². The lowest BCUT2D eigenvalue weighted by Gasteiger charge is -2.08. The Morgan fingerprint density at radius 2 is 1.65 bits per heavy atom. The molecule has 88 valence electrons. The van der Waals surface area contributed by atoms with Gasteiger partial charge in [0.25, 0.3) is 0 Å². The van der Waals surface area contributed by atoms with Crippen molar-refractivity contribution in [2.75, 3.05) is 29.5 Å². The summed E-state index contributed by atoms with van der Waals surface area (Å²) in [5, 5.41) is 6.51. The van der Waals surface area contributed by atoms with E-state index >= 15 is 0 Å². The molecule has 0 atom stereocenters. The van der Waals surface area contributed by atoms with E-state index in [-0.39, 0.29) is 0 Å². The molecule has 4 nitrogen and oxygen atoms in total. The Balaban J connectivity index is 1.73. The second-order valence-electron chi connectivity index (χ2n) is 3.67. The van der Waals surface area contributed by atoms with Crippen LogP contribution in [0.3, 0.4) is 0 Å². The van der Waals surface area contributed by atoms with Crippen LogP contribution < -0.4 is 16.4 Å². The van der Waals surface area contributed by atoms with Crippen LogP contribution in [0, 0.1) is 0 Å². The number of nitrogens with zero attached hydrogens (tertiary/aromatic N) is 1. The standard InChI is InChI=1S/C13H16N4/c14-12-7-4-8-13(17-12)16-10-9-15-11-5-2-1-3-6-11/h1-8,15H,9-10H2,(H3,14,16,17). The Labute approximate surface area is 101 Å². The van der Waals surface area contributed by atoms with Crippen LogP contribution in [0.2, 0.25) is 0 Å². The molecule has 0 aliphatic heterocycles. The third-order valence-electron chi connectivity index (χ3n) is 2.30. The second kappa shape index (κ2) is 5.75. The van der Waals surface area contributed by atoms with Crippen molar-refractivity contribution in [3.05, 3.63) is 48.5 Å². The van der Waals surface area contributed by atoms with E-state index in [1.807, 2.05) is 42.5 Å². The lowest BCUT2D eigenvalue weighted by atomic mass is 10.3. The molecule has 2 aromatic rings. The highest BCUT2D eigenvalue weighted by molar-refractivity contribution is 5.44. The van der Waals surface area contributed by atoms with Crippen molar-refractivity contribution < 1.29 is 0 Å². The van der Waals surface area contributed by atoms with Gasteiger partial charge < -0.3 is 16.4 Å². The van der Waals surface area contributed by atoms with Gasteiger partial charge in [-0.2, -0.15) is 0 Å². The number of nitrogens with two attached hydrogens (primary N) is 1. The zero-order valence-electron chi connectivity index (χ0n) is 9.56. The van der Waals surface area contributed by atoms with Gasteiger partial charge in [-0.25, -0.2) is 4.98 Å². The average Bonchev–Trinajstić information content (AvgIpc) is 2.36. The van der Waals surface area contributed by atoms with Crippen LogP contribution in [0.1, 0.15) is 0 Å². The van der Waals surface area contributed by atoms with E-state index in [4.69, 9.17) is 5.73 Å². The van der Waals surface area contributed by atoms with Crippen molar-refractivity contribution in [1.82, 2.24) is 4.98 Å². The second-order valence-corrected chi connectivity index (χ2v) is 3.67. The molecule has 0 spiro atoms. The molecule has 0 aliphatic carbocycles. The van der Waals surface area contributed by atoms with Crippen molar-refractivity contribution in [2.45, 2.75) is 0 Å². The molecule has 1 heterocycles. The molecule has 4 heteroatoms. The van der Waals surface area contributed by atoms with E-state index in [2.05, 4.69) is 15.6 Å². The number of nitrogen functional groups attached to an aromatic ring is 1. The SMILES string of the molecule is Nc1cccc(NCCNc2ccccc2)n1. The first-order valence-electron chi connectivity index (χ1n) is 5.60. The summed E-state index contributed by atoms with van der Waals surface area (Å²) in [7, 11) is 0. The minimum atomic E-state index is 0.533. The smallest absolute Gasteiger partial charge is 0.128 e. The molecule has 17 heavy (non-hydrogen) atoms. The van der Waals surface area contributed by atoms with E-state index < -0.39 is 0 Å². The monoisotopic (exact) mass is 228 g/mol. The van der Waals surface area contributed by atoms with Crippen LogP contribution in [-0.2, 0) is 0 Å². The molecule has 0 aliphatic rings. The normalized spacial score (nSPS) is 9.88. The number of hydrogen-bond donors (Lipinski definition) is 3. The quantitative estimate of drug-likeness (QED) is 0.686. The van der Waals surface area contributed by atoms with Gasteiger partial charge in [-0.3, -0.25) is 0 Å². The van der Waals surface area contributed by atoms with Crippen molar-refractivity contribution >= 4 is 17.3 Å². The van der Waals surface area contributed by atoms with Gasteiger partial charge in [-0.05, 0) is 24.3 Å². The van der Waals surface area contributed by atoms with E-state index in [0.29, 0.717) is 5.82 Å². The molecule has 0 radical (unpaired) electrons. The van der Waals surface area contributed by atoms with Crippen LogP contribution in [0.15, 0.2) is 48.5 Å². The van der Waals surface area contributed by atoms with Gasteiger partial charge in [-0.15, -0.1) is 0 Å². The molecule has 0 bridgehead atoms. The summed E-state index contributed by atoms with van der Waals surface area (Å²) in [5.41, 5.74) is 6.71. The molecule has 0 fully saturated rings. The third-order valence-corrected chi connectivity index (χ3v) is 2.30. The summed E-state index contributed by atoms with van der Waals surface area (Å²) in [6.45, 7) is 1.63. The molecule has 0 amide bonds. The van der Waals surface area contributed by atoms with E-state index in [1.165, 1.54) is 0 Å². The first-order chi connectivity index (χ1) is 8.34. The minimum absolute atomic E-state index is 0.533. The minimum Gasteiger partial charge on any atom is -0.384 e. The highest BCUT2D eigenvalue weighted by Crippen LogP contribution is 2.06. The topological polar surface area (TPSA) is 63.0 Å². The highest BCUT2D eigenvalue weighted by atomic mass is 15.0. The Morgan fingerprint density at radius 1 is 0.882 bits per heavy atom. The van der Waals surface area contributed by atoms with Crippen LogP contribution in [-0.4, -0.2) is 18.1 Å². The summed E-state index contributed by atoms with van der Waals surface area (Å²) in [4.78, 5) is 4.16. The first kappa shape index (κ1) is 11.3. The van der Waals surface area contributed by atoms with Gasteiger partial charge in [0.05, 0.1) is 0 Å². The Morgan fingerprint density at radius 3 is 2.41 bits per heavy atom. The van der Waals surface area contributed by atoms with Crippen LogP contribution in [0.25, 0.3) is 0 Å². The number of nitrogens with one attached hydrogen (secondary N) is 2. The number of benzene rings is 1. The largest absolute Gasteiger partial charge is 0.384 e. The van der Waals surface area contributed by atoms with Crippen molar-refractivity contribution in [3.8, 4) is 0 Å². The molecule has 0 unspecified atom stereocenters. The number of rotatable bonds is 5. The molecule has 0 saturated heterocycles. The van der Waals surface area contributed by atoms with Crippen molar-refractivity contribution in [1.29, 1.82) is 0 Å². The maximum Gasteiger partial charge on any atom is 0.128 e. The fraction of sp³-hybridized carbons (Fsp3) is 0.154. The number of para-hydroxylation sites is 1. The van der Waals surface area contributed by atoms with Gasteiger partial charge in [0.1, 0.15) is 11.6 Å². The zero-order chi connectivity index (χ0) is 11.9. The lowest BCUT2D eigenvalue weighted by Crippen LogP contribution is -2.14. The average molecular weight is 228 g/mol. The molecule has 0 saturated carbocycles. The maximum absolute atomic E-state index is 5.59. The molecular weight excluding hydrogens is 212 g/mol. The summed E-state index contributed by atoms with van der Waals surface area (Å²) in [6, 6.07) is 15.7. The Kier molecular flexibility index (Phi) is 3.81. The van der Waals surface area contributed by atoms with Crippen LogP contribution >= 0.6 is 0 Å². The summed E-state index contributed by atoms with van der Waals surface area (Å²) < 4.78 is 0. The zero-order valence-corrected chi connectivity index (χ0v) is 9.56. The summed E-state index contributed by atoms with van der Waals surface area (Å²) in [5.74, 6) is 1.34. The Hall–Kier alpha value is -2.23. The number of anilines is 3.